The van der Waals surface area contributed by atoms with E-state index in [-0.39, 0.29) is 86.6 Å². The number of benzene rings is 2. The molecule has 0 saturated carbocycles. The number of Topliss-reactive ketones (excluding diaryl/α,β-unsaturated/α-hetero) is 2. The molecule has 1 fully saturated rings. The molecule has 0 unspecified atom stereocenters. The van der Waals surface area contributed by atoms with E-state index in [1.165, 1.54) is 4.90 Å². The van der Waals surface area contributed by atoms with Crippen LogP contribution in [-0.2, 0) is 62.5 Å². The largest absolute Gasteiger partial charge is 0.461 e. The lowest BCUT2D eigenvalue weighted by Crippen LogP contribution is -2.47. The first kappa shape index (κ1) is 44.0. The maximum atomic E-state index is 13.5. The van der Waals surface area contributed by atoms with E-state index in [0.717, 1.165) is 16.7 Å². The third-order valence-electron chi connectivity index (χ3n) is 8.95. The number of imide groups is 1. The van der Waals surface area contributed by atoms with Crippen molar-refractivity contribution in [2.45, 2.75) is 85.3 Å². The molecule has 2 aromatic carbocycles. The number of hydrogen-bond acceptors (Lipinski definition) is 10. The predicted octanol–water partition coefficient (Wildman–Crippen LogP) is 3.01. The van der Waals surface area contributed by atoms with Gasteiger partial charge in [-0.3, -0.25) is 38.5 Å². The highest BCUT2D eigenvalue weighted by Crippen LogP contribution is 2.20. The Hall–Kier alpha value is -5.44. The molecule has 1 aliphatic heterocycles. The first-order valence-electron chi connectivity index (χ1n) is 18.5. The van der Waals surface area contributed by atoms with Crippen LogP contribution in [0.25, 0.3) is 0 Å². The van der Waals surface area contributed by atoms with E-state index < -0.39 is 36.4 Å². The van der Waals surface area contributed by atoms with Crippen LogP contribution in [0, 0.1) is 17.8 Å². The minimum absolute atomic E-state index is 0.0759. The second-order valence-electron chi connectivity index (χ2n) is 14.3. The molecular formula is C40H53N5O10. The summed E-state index contributed by atoms with van der Waals surface area (Å²) in [6, 6.07) is 12.3. The number of ketones is 2. The number of anilines is 1. The summed E-state index contributed by atoms with van der Waals surface area (Å²) in [4.78, 5) is 100. The average molecular weight is 764 g/mol. The average Bonchev–Trinajstić information content (AvgIpc) is 3.13. The molecule has 2 aromatic rings. The van der Waals surface area contributed by atoms with Gasteiger partial charge in [0.25, 0.3) is 0 Å². The number of carbonyl (C=O) groups is 8. The molecular weight excluding hydrogens is 710 g/mol. The summed E-state index contributed by atoms with van der Waals surface area (Å²) in [5.41, 5.74) is 8.01. The number of amides is 6. The normalized spacial score (nSPS) is 13.4. The number of rotatable bonds is 23. The summed E-state index contributed by atoms with van der Waals surface area (Å²) < 4.78 is 10.6. The summed E-state index contributed by atoms with van der Waals surface area (Å²) in [5.74, 6) is -3.68. The van der Waals surface area contributed by atoms with Crippen LogP contribution < -0.4 is 21.7 Å². The van der Waals surface area contributed by atoms with Crippen LogP contribution in [-0.4, -0.2) is 84.4 Å². The zero-order valence-corrected chi connectivity index (χ0v) is 32.0. The lowest BCUT2D eigenvalue weighted by Gasteiger charge is -2.28. The monoisotopic (exact) mass is 763 g/mol. The number of esters is 1. The highest BCUT2D eigenvalue weighted by atomic mass is 16.5. The zero-order valence-electron chi connectivity index (χ0n) is 32.0. The zero-order chi connectivity index (χ0) is 40.5. The van der Waals surface area contributed by atoms with E-state index in [4.69, 9.17) is 15.2 Å². The number of nitrogens with two attached hydrogens (primary N) is 1. The van der Waals surface area contributed by atoms with Crippen molar-refractivity contribution in [2.75, 3.05) is 31.6 Å². The molecule has 6 amide bonds. The van der Waals surface area contributed by atoms with Crippen molar-refractivity contribution in [3.8, 4) is 0 Å². The highest BCUT2D eigenvalue weighted by molar-refractivity contribution is 5.99. The van der Waals surface area contributed by atoms with Crippen molar-refractivity contribution in [3.05, 3.63) is 65.2 Å². The molecule has 0 spiro atoms. The van der Waals surface area contributed by atoms with Gasteiger partial charge in [0.1, 0.15) is 19.8 Å². The molecule has 0 bridgehead atoms. The van der Waals surface area contributed by atoms with Gasteiger partial charge >= 0.3 is 12.0 Å². The van der Waals surface area contributed by atoms with Crippen molar-refractivity contribution in [3.63, 3.8) is 0 Å². The van der Waals surface area contributed by atoms with E-state index >= 15 is 0 Å². The maximum absolute atomic E-state index is 13.5. The quantitative estimate of drug-likeness (QED) is 0.0736. The molecule has 0 aliphatic carbocycles. The Morgan fingerprint density at radius 2 is 1.53 bits per heavy atom. The molecule has 0 radical (unpaired) electrons. The van der Waals surface area contributed by atoms with Gasteiger partial charge in [-0.05, 0) is 54.0 Å². The van der Waals surface area contributed by atoms with E-state index in [9.17, 15) is 38.4 Å². The van der Waals surface area contributed by atoms with Crippen molar-refractivity contribution < 1.29 is 47.8 Å². The Morgan fingerprint density at radius 3 is 2.11 bits per heavy atom. The molecule has 15 nitrogen and oxygen atoms in total. The second kappa shape index (κ2) is 22.1. The molecule has 55 heavy (non-hydrogen) atoms. The Morgan fingerprint density at radius 1 is 0.873 bits per heavy atom. The van der Waals surface area contributed by atoms with E-state index in [1.54, 1.807) is 64.1 Å². The number of primary amides is 1. The van der Waals surface area contributed by atoms with Gasteiger partial charge in [0.2, 0.25) is 23.6 Å². The first-order chi connectivity index (χ1) is 26.1. The fraction of sp³-hybridized carbons (Fsp3) is 0.500. The third-order valence-corrected chi connectivity index (χ3v) is 8.95. The molecule has 1 heterocycles. The van der Waals surface area contributed by atoms with Crippen LogP contribution in [0.15, 0.2) is 48.5 Å². The number of urea groups is 1. The Balaban J connectivity index is 1.48. The number of aryl methyl sites for hydroxylation is 1. The topological polar surface area (TPSA) is 220 Å². The summed E-state index contributed by atoms with van der Waals surface area (Å²) in [7, 11) is 0. The van der Waals surface area contributed by atoms with Crippen molar-refractivity contribution >= 4 is 52.9 Å². The SMILES string of the molecule is CC(C)C(=O)OCc1ccc(NC(=O)[C@H](CCCNC(N)=O)CC(=O)[C@@H](NC(=O)COCC(=O)Cc2ccc(CCC(=O)N3CCC3=O)cc2)C(C)C)cc1. The molecule has 1 aliphatic rings. The van der Waals surface area contributed by atoms with Gasteiger partial charge < -0.3 is 31.2 Å². The van der Waals surface area contributed by atoms with Gasteiger partial charge in [-0.2, -0.15) is 0 Å². The minimum Gasteiger partial charge on any atom is -0.461 e. The molecule has 0 aromatic heterocycles. The minimum atomic E-state index is -0.932. The summed E-state index contributed by atoms with van der Waals surface area (Å²) >= 11 is 0. The number of β-lactam (4-membered cyclic amide) rings is 1. The number of carbonyl (C=O) groups excluding carboxylic acids is 8. The number of likely N-dealkylation sites (tertiary alicyclic amines) is 1. The summed E-state index contributed by atoms with van der Waals surface area (Å²) in [6.45, 7) is 6.99. The van der Waals surface area contributed by atoms with Crippen LogP contribution in [0.4, 0.5) is 10.5 Å². The molecule has 5 N–H and O–H groups in total. The van der Waals surface area contributed by atoms with Crippen LogP contribution in [0.5, 0.6) is 0 Å². The number of nitrogens with one attached hydrogen (secondary N) is 3. The van der Waals surface area contributed by atoms with Crippen molar-refractivity contribution in [1.29, 1.82) is 0 Å². The van der Waals surface area contributed by atoms with Gasteiger partial charge in [-0.15, -0.1) is 0 Å². The summed E-state index contributed by atoms with van der Waals surface area (Å²) in [6.07, 6.45) is 1.60. The van der Waals surface area contributed by atoms with Gasteiger partial charge in [-0.25, -0.2) is 4.79 Å². The number of hydrogen-bond donors (Lipinski definition) is 4. The Labute approximate surface area is 321 Å². The van der Waals surface area contributed by atoms with Gasteiger partial charge in [0, 0.05) is 50.4 Å². The maximum Gasteiger partial charge on any atom is 0.312 e. The van der Waals surface area contributed by atoms with Crippen molar-refractivity contribution in [1.82, 2.24) is 15.5 Å². The van der Waals surface area contributed by atoms with Crippen LogP contribution in [0.2, 0.25) is 0 Å². The van der Waals surface area contributed by atoms with Crippen LogP contribution >= 0.6 is 0 Å². The Kier molecular flexibility index (Phi) is 17.6. The summed E-state index contributed by atoms with van der Waals surface area (Å²) in [5, 5.41) is 7.97. The molecule has 15 heteroatoms. The van der Waals surface area contributed by atoms with Gasteiger partial charge in [-0.1, -0.05) is 64.1 Å². The van der Waals surface area contributed by atoms with Crippen LogP contribution in [0.3, 0.4) is 0 Å². The fourth-order valence-corrected chi connectivity index (χ4v) is 5.66. The Bertz CT molecular complexity index is 1670. The number of nitrogens with zero attached hydrogens (tertiary/aromatic N) is 1. The third kappa shape index (κ3) is 15.4. The highest BCUT2D eigenvalue weighted by Gasteiger charge is 2.30. The standard InChI is InChI=1S/C40H53N5O10/c1-25(2)37(44-34(48)24-54-23-32(46)20-28-9-7-27(8-10-28)13-16-35(49)45-19-17-36(45)50)33(47)21-30(6-5-18-42-40(41)53)38(51)43-31-14-11-29(12-15-31)22-55-39(52)26(3)4/h7-12,14-15,25-26,30,37H,5-6,13,16-24H2,1-4H3,(H,43,51)(H,44,48)(H3,41,42,53)/t30-,37+/m1/s1. The first-order valence-corrected chi connectivity index (χ1v) is 18.5. The van der Waals surface area contributed by atoms with Crippen molar-refractivity contribution in [2.24, 2.45) is 23.5 Å². The van der Waals surface area contributed by atoms with E-state index in [2.05, 4.69) is 16.0 Å². The van der Waals surface area contributed by atoms with Gasteiger partial charge in [0.05, 0.1) is 12.0 Å². The molecule has 1 saturated heterocycles. The van der Waals surface area contributed by atoms with Gasteiger partial charge in [0.15, 0.2) is 11.6 Å². The van der Waals surface area contributed by atoms with E-state index in [0.29, 0.717) is 31.5 Å². The fourth-order valence-electron chi connectivity index (χ4n) is 5.66. The second-order valence-corrected chi connectivity index (χ2v) is 14.3. The lowest BCUT2D eigenvalue weighted by molar-refractivity contribution is -0.152. The lowest BCUT2D eigenvalue weighted by atomic mass is 9.89. The van der Waals surface area contributed by atoms with E-state index in [1.807, 2.05) is 12.1 Å². The predicted molar refractivity (Wildman–Crippen MR) is 202 cm³/mol. The molecule has 3 rings (SSSR count). The number of ether oxygens (including phenoxy) is 2. The molecule has 2 atom stereocenters. The molecule has 298 valence electrons. The van der Waals surface area contributed by atoms with Crippen LogP contribution in [0.1, 0.15) is 76.5 Å². The smallest absolute Gasteiger partial charge is 0.312 e.